The van der Waals surface area contributed by atoms with E-state index in [9.17, 15) is 9.59 Å². The molecule has 0 radical (unpaired) electrons. The van der Waals surface area contributed by atoms with Crippen LogP contribution in [-0.4, -0.2) is 62.0 Å². The molecule has 1 aromatic heterocycles. The number of nitrogens with zero attached hydrogens (tertiary/aromatic N) is 3. The molecule has 0 atom stereocenters. The minimum absolute atomic E-state index is 0.0265. The van der Waals surface area contributed by atoms with Crippen LogP contribution in [0.5, 0.6) is 11.5 Å². The van der Waals surface area contributed by atoms with E-state index in [0.29, 0.717) is 47.5 Å². The Morgan fingerprint density at radius 2 is 1.65 bits per heavy atom. The van der Waals surface area contributed by atoms with Gasteiger partial charge in [0.15, 0.2) is 22.4 Å². The minimum Gasteiger partial charge on any atom is -0.486 e. The maximum atomic E-state index is 13.4. The Bertz CT molecular complexity index is 1060. The van der Waals surface area contributed by atoms with Crippen molar-refractivity contribution in [3.8, 4) is 11.5 Å². The smallest absolute Gasteiger partial charge is 0.260 e. The van der Waals surface area contributed by atoms with Gasteiger partial charge in [-0.1, -0.05) is 23.5 Å². The number of hydrogen-bond acceptors (Lipinski definition) is 7. The summed E-state index contributed by atoms with van der Waals surface area (Å²) >= 11 is 1.46. The van der Waals surface area contributed by atoms with Crippen molar-refractivity contribution in [3.63, 3.8) is 0 Å². The molecule has 2 aromatic carbocycles. The topological polar surface area (TPSA) is 72.0 Å². The first-order valence-corrected chi connectivity index (χ1v) is 11.0. The van der Waals surface area contributed by atoms with Crippen LogP contribution in [0.1, 0.15) is 34.1 Å². The van der Waals surface area contributed by atoms with Gasteiger partial charge in [0, 0.05) is 29.8 Å². The van der Waals surface area contributed by atoms with E-state index in [0.717, 1.165) is 23.2 Å². The second-order valence-corrected chi connectivity index (χ2v) is 8.72. The van der Waals surface area contributed by atoms with Gasteiger partial charge in [0.2, 0.25) is 0 Å². The Morgan fingerprint density at radius 3 is 2.29 bits per heavy atom. The van der Waals surface area contributed by atoms with Gasteiger partial charge in [0.05, 0.1) is 10.2 Å². The number of carbonyl (C=O) groups excluding carboxylic acids is 2. The zero-order valence-electron chi connectivity index (χ0n) is 17.9. The minimum atomic E-state index is -0.134. The van der Waals surface area contributed by atoms with Crippen molar-refractivity contribution in [3.05, 3.63) is 47.5 Å². The van der Waals surface area contributed by atoms with Crippen molar-refractivity contribution in [1.82, 2.24) is 9.88 Å². The summed E-state index contributed by atoms with van der Waals surface area (Å²) in [5.74, 6) is 1.23. The van der Waals surface area contributed by atoms with Crippen LogP contribution in [-0.2, 0) is 0 Å². The van der Waals surface area contributed by atoms with Gasteiger partial charge in [-0.2, -0.15) is 0 Å². The van der Waals surface area contributed by atoms with E-state index in [1.807, 2.05) is 26.2 Å². The standard InChI is InChI=1S/C23H25N3O4S/c1-15(27)16-5-7-17(8-6-16)22(28)26(10-4-9-25(2)3)23-24-18-13-19-20(14-21(18)31-23)30-12-11-29-19/h5-8,13-14H,4,9-12H2,1-3H3. The van der Waals surface area contributed by atoms with Crippen LogP contribution in [0.15, 0.2) is 36.4 Å². The van der Waals surface area contributed by atoms with Crippen molar-refractivity contribution in [2.45, 2.75) is 13.3 Å². The van der Waals surface area contributed by atoms with Gasteiger partial charge < -0.3 is 14.4 Å². The van der Waals surface area contributed by atoms with Crippen molar-refractivity contribution in [2.75, 3.05) is 45.3 Å². The van der Waals surface area contributed by atoms with E-state index in [4.69, 9.17) is 14.5 Å². The predicted molar refractivity (Wildman–Crippen MR) is 122 cm³/mol. The Kier molecular flexibility index (Phi) is 6.20. The fraction of sp³-hybridized carbons (Fsp3) is 0.348. The van der Waals surface area contributed by atoms with Gasteiger partial charge >= 0.3 is 0 Å². The van der Waals surface area contributed by atoms with E-state index in [1.165, 1.54) is 18.3 Å². The van der Waals surface area contributed by atoms with E-state index >= 15 is 0 Å². The first kappa shape index (κ1) is 21.3. The summed E-state index contributed by atoms with van der Waals surface area (Å²) in [6, 6.07) is 10.6. The van der Waals surface area contributed by atoms with Gasteiger partial charge in [-0.3, -0.25) is 14.5 Å². The number of ether oxygens (including phenoxy) is 2. The fourth-order valence-electron chi connectivity index (χ4n) is 3.40. The zero-order valence-corrected chi connectivity index (χ0v) is 18.7. The Morgan fingerprint density at radius 1 is 1.00 bits per heavy atom. The second kappa shape index (κ2) is 9.03. The molecule has 0 saturated heterocycles. The zero-order chi connectivity index (χ0) is 22.0. The summed E-state index contributed by atoms with van der Waals surface area (Å²) in [6.07, 6.45) is 0.808. The number of amides is 1. The first-order valence-electron chi connectivity index (χ1n) is 10.2. The van der Waals surface area contributed by atoms with Crippen LogP contribution in [0.25, 0.3) is 10.2 Å². The number of ketones is 1. The van der Waals surface area contributed by atoms with Gasteiger partial charge in [-0.05, 0) is 46.1 Å². The summed E-state index contributed by atoms with van der Waals surface area (Å²) in [6.45, 7) is 3.95. The highest BCUT2D eigenvalue weighted by atomic mass is 32.1. The maximum Gasteiger partial charge on any atom is 0.260 e. The molecule has 0 saturated carbocycles. The average molecular weight is 440 g/mol. The summed E-state index contributed by atoms with van der Waals surface area (Å²) < 4.78 is 12.3. The van der Waals surface area contributed by atoms with Crippen molar-refractivity contribution >= 4 is 38.4 Å². The molecule has 1 aliphatic heterocycles. The highest BCUT2D eigenvalue weighted by Gasteiger charge is 2.23. The number of carbonyl (C=O) groups is 2. The maximum absolute atomic E-state index is 13.4. The molecule has 0 unspecified atom stereocenters. The molecule has 0 bridgehead atoms. The number of fused-ring (bicyclic) bond motifs is 2. The molecule has 0 aliphatic carbocycles. The number of aromatic nitrogens is 1. The van der Waals surface area contributed by atoms with Gasteiger partial charge in [-0.25, -0.2) is 4.98 Å². The summed E-state index contributed by atoms with van der Waals surface area (Å²) in [5, 5.41) is 0.636. The molecule has 0 N–H and O–H groups in total. The molecule has 3 aromatic rings. The summed E-state index contributed by atoms with van der Waals surface area (Å²) in [7, 11) is 4.02. The molecule has 0 fully saturated rings. The molecule has 8 heteroatoms. The Hall–Kier alpha value is -2.97. The number of Topliss-reactive ketones (excluding diaryl/α,β-unsaturated/α-hetero) is 1. The predicted octanol–water partition coefficient (Wildman–Crippen LogP) is 3.87. The molecular weight excluding hydrogens is 414 g/mol. The number of benzene rings is 2. The second-order valence-electron chi connectivity index (χ2n) is 7.71. The molecule has 1 aliphatic rings. The lowest BCUT2D eigenvalue weighted by Crippen LogP contribution is -2.33. The molecule has 31 heavy (non-hydrogen) atoms. The van der Waals surface area contributed by atoms with Crippen LogP contribution in [0.2, 0.25) is 0 Å². The monoisotopic (exact) mass is 439 g/mol. The van der Waals surface area contributed by atoms with Crippen LogP contribution in [0, 0.1) is 0 Å². The van der Waals surface area contributed by atoms with Crippen LogP contribution >= 0.6 is 11.3 Å². The summed E-state index contributed by atoms with van der Waals surface area (Å²) in [4.78, 5) is 33.5. The molecule has 0 spiro atoms. The normalized spacial score (nSPS) is 12.9. The third-order valence-corrected chi connectivity index (χ3v) is 6.08. The highest BCUT2D eigenvalue weighted by Crippen LogP contribution is 2.39. The molecule has 4 rings (SSSR count). The van der Waals surface area contributed by atoms with E-state index in [-0.39, 0.29) is 11.7 Å². The largest absolute Gasteiger partial charge is 0.486 e. The Balaban J connectivity index is 1.66. The van der Waals surface area contributed by atoms with Crippen molar-refractivity contribution in [2.24, 2.45) is 0 Å². The number of hydrogen-bond donors (Lipinski definition) is 0. The molecular formula is C23H25N3O4S. The average Bonchev–Trinajstić information content (AvgIpc) is 3.16. The lowest BCUT2D eigenvalue weighted by atomic mass is 10.1. The third-order valence-electron chi connectivity index (χ3n) is 5.04. The van der Waals surface area contributed by atoms with Gasteiger partial charge in [0.25, 0.3) is 5.91 Å². The van der Waals surface area contributed by atoms with E-state index < -0.39 is 0 Å². The first-order chi connectivity index (χ1) is 14.9. The van der Waals surface area contributed by atoms with Crippen LogP contribution in [0.4, 0.5) is 5.13 Å². The quantitative estimate of drug-likeness (QED) is 0.521. The van der Waals surface area contributed by atoms with Gasteiger partial charge in [-0.15, -0.1) is 0 Å². The molecule has 2 heterocycles. The third kappa shape index (κ3) is 4.70. The lowest BCUT2D eigenvalue weighted by Gasteiger charge is -2.21. The molecule has 1 amide bonds. The van der Waals surface area contributed by atoms with Gasteiger partial charge in [0.1, 0.15) is 13.2 Å². The molecule has 7 nitrogen and oxygen atoms in total. The lowest BCUT2D eigenvalue weighted by molar-refractivity contribution is 0.0981. The van der Waals surface area contributed by atoms with Crippen molar-refractivity contribution in [1.29, 1.82) is 0 Å². The van der Waals surface area contributed by atoms with E-state index in [2.05, 4.69) is 4.90 Å². The number of anilines is 1. The van der Waals surface area contributed by atoms with Crippen LogP contribution < -0.4 is 14.4 Å². The van der Waals surface area contributed by atoms with Crippen LogP contribution in [0.3, 0.4) is 0 Å². The number of rotatable bonds is 7. The van der Waals surface area contributed by atoms with Crippen molar-refractivity contribution < 1.29 is 19.1 Å². The fourth-order valence-corrected chi connectivity index (χ4v) is 4.40. The Labute approximate surface area is 185 Å². The molecule has 162 valence electrons. The summed E-state index contributed by atoms with van der Waals surface area (Å²) in [5.41, 5.74) is 1.89. The SMILES string of the molecule is CC(=O)c1ccc(C(=O)N(CCCN(C)C)c2nc3cc4c(cc3s2)OCCO4)cc1. The highest BCUT2D eigenvalue weighted by molar-refractivity contribution is 7.22. The van der Waals surface area contributed by atoms with E-state index in [1.54, 1.807) is 29.2 Å². The number of thiazole rings is 1.